The van der Waals surface area contributed by atoms with Crippen molar-refractivity contribution in [1.82, 2.24) is 14.9 Å². The molecule has 0 atom stereocenters. The Morgan fingerprint density at radius 3 is 2.52 bits per heavy atom. The van der Waals surface area contributed by atoms with Gasteiger partial charge in [-0.15, -0.1) is 0 Å². The van der Waals surface area contributed by atoms with Crippen molar-refractivity contribution in [3.8, 4) is 5.88 Å². The van der Waals surface area contributed by atoms with Gasteiger partial charge in [-0.3, -0.25) is 4.79 Å². The van der Waals surface area contributed by atoms with Gasteiger partial charge >= 0.3 is 0 Å². The average Bonchev–Trinajstić information content (AvgIpc) is 2.56. The van der Waals surface area contributed by atoms with Crippen LogP contribution in [-0.2, 0) is 0 Å². The molecule has 2 aromatic rings. The Balaban J connectivity index is 1.59. The Morgan fingerprint density at radius 1 is 1.16 bits per heavy atom. The number of likely N-dealkylation sites (tertiary alicyclic amines) is 1. The minimum Gasteiger partial charge on any atom is -0.474 e. The summed E-state index contributed by atoms with van der Waals surface area (Å²) in [5.74, 6) is 0.782. The molecule has 1 fully saturated rings. The summed E-state index contributed by atoms with van der Waals surface area (Å²) in [7, 11) is 0. The summed E-state index contributed by atoms with van der Waals surface area (Å²) in [5, 5.41) is 0. The van der Waals surface area contributed by atoms with Gasteiger partial charge in [-0.05, 0) is 38.5 Å². The monoisotopic (exact) mass is 343 g/mol. The van der Waals surface area contributed by atoms with Crippen LogP contribution < -0.4 is 4.74 Å². The summed E-state index contributed by atoms with van der Waals surface area (Å²) >= 11 is 0. The molecular formula is C19H22FN3O2. The first-order valence-electron chi connectivity index (χ1n) is 8.47. The molecule has 0 bridgehead atoms. The number of piperidine rings is 1. The Morgan fingerprint density at radius 2 is 1.88 bits per heavy atom. The highest BCUT2D eigenvalue weighted by Crippen LogP contribution is 2.20. The molecule has 0 saturated carbocycles. The molecule has 0 aliphatic carbocycles. The molecule has 0 radical (unpaired) electrons. The molecule has 1 aliphatic rings. The predicted octanol–water partition coefficient (Wildman–Crippen LogP) is 3.22. The maximum atomic E-state index is 13.7. The molecule has 0 spiro atoms. The van der Waals surface area contributed by atoms with Crippen LogP contribution in [0.2, 0.25) is 0 Å². The Labute approximate surface area is 146 Å². The molecule has 2 heterocycles. The number of amides is 1. The van der Waals surface area contributed by atoms with E-state index < -0.39 is 0 Å². The number of benzene rings is 1. The van der Waals surface area contributed by atoms with E-state index in [1.165, 1.54) is 6.07 Å². The van der Waals surface area contributed by atoms with Gasteiger partial charge in [-0.1, -0.05) is 6.07 Å². The molecule has 1 aromatic carbocycles. The number of hydrogen-bond acceptors (Lipinski definition) is 4. The van der Waals surface area contributed by atoms with Crippen LogP contribution in [0.1, 0.15) is 40.3 Å². The number of nitrogens with zero attached hydrogens (tertiary/aromatic N) is 3. The minimum absolute atomic E-state index is 0.0208. The Hall–Kier alpha value is -2.50. The van der Waals surface area contributed by atoms with Gasteiger partial charge in [0.2, 0.25) is 5.88 Å². The zero-order chi connectivity index (χ0) is 18.0. The summed E-state index contributed by atoms with van der Waals surface area (Å²) in [4.78, 5) is 22.8. The van der Waals surface area contributed by atoms with Crippen LogP contribution in [0.4, 0.5) is 4.39 Å². The van der Waals surface area contributed by atoms with Crippen molar-refractivity contribution in [3.63, 3.8) is 0 Å². The maximum Gasteiger partial charge on any atom is 0.253 e. The summed E-state index contributed by atoms with van der Waals surface area (Å²) in [5.41, 5.74) is 1.81. The lowest BCUT2D eigenvalue weighted by Gasteiger charge is -2.32. The number of carbonyl (C=O) groups excluding carboxylic acids is 1. The van der Waals surface area contributed by atoms with Gasteiger partial charge in [-0.25, -0.2) is 9.37 Å². The first-order valence-corrected chi connectivity index (χ1v) is 8.47. The SMILES string of the molecule is Cc1cc(OC2CCN(C(=O)c3ccc(C)c(F)c3)CC2)nc(C)n1. The van der Waals surface area contributed by atoms with Crippen molar-refractivity contribution in [2.45, 2.75) is 39.7 Å². The minimum atomic E-state index is -0.349. The van der Waals surface area contributed by atoms with E-state index in [9.17, 15) is 9.18 Å². The van der Waals surface area contributed by atoms with Crippen LogP contribution in [0, 0.1) is 26.6 Å². The van der Waals surface area contributed by atoms with Gasteiger partial charge < -0.3 is 9.64 Å². The van der Waals surface area contributed by atoms with E-state index in [4.69, 9.17) is 4.74 Å². The van der Waals surface area contributed by atoms with Gasteiger partial charge in [0.25, 0.3) is 5.91 Å². The van der Waals surface area contributed by atoms with E-state index in [0.717, 1.165) is 18.5 Å². The van der Waals surface area contributed by atoms with Crippen molar-refractivity contribution < 1.29 is 13.9 Å². The van der Waals surface area contributed by atoms with Gasteiger partial charge in [-0.2, -0.15) is 4.98 Å². The number of halogens is 1. The van der Waals surface area contributed by atoms with E-state index in [0.29, 0.717) is 35.9 Å². The summed E-state index contributed by atoms with van der Waals surface area (Å²) in [6.07, 6.45) is 1.47. The highest BCUT2D eigenvalue weighted by atomic mass is 19.1. The van der Waals surface area contributed by atoms with E-state index in [1.807, 2.05) is 19.9 Å². The number of aryl methyl sites for hydroxylation is 3. The molecule has 0 unspecified atom stereocenters. The Bertz CT molecular complexity index is 766. The zero-order valence-electron chi connectivity index (χ0n) is 14.8. The fourth-order valence-electron chi connectivity index (χ4n) is 3.00. The molecule has 132 valence electrons. The van der Waals surface area contributed by atoms with Gasteiger partial charge in [0.15, 0.2) is 0 Å². The lowest BCUT2D eigenvalue weighted by molar-refractivity contribution is 0.0587. The molecule has 25 heavy (non-hydrogen) atoms. The molecule has 1 aromatic heterocycles. The third-order valence-electron chi connectivity index (χ3n) is 4.38. The molecular weight excluding hydrogens is 321 g/mol. The van der Waals surface area contributed by atoms with Crippen molar-refractivity contribution in [2.24, 2.45) is 0 Å². The van der Waals surface area contributed by atoms with Crippen molar-refractivity contribution in [2.75, 3.05) is 13.1 Å². The van der Waals surface area contributed by atoms with E-state index >= 15 is 0 Å². The maximum absolute atomic E-state index is 13.7. The third kappa shape index (κ3) is 4.13. The lowest BCUT2D eigenvalue weighted by atomic mass is 10.1. The van der Waals surface area contributed by atoms with E-state index in [2.05, 4.69) is 9.97 Å². The normalized spacial score (nSPS) is 15.3. The second-order valence-electron chi connectivity index (χ2n) is 6.47. The van der Waals surface area contributed by atoms with Gasteiger partial charge in [0, 0.05) is 43.3 Å². The quantitative estimate of drug-likeness (QED) is 0.859. The van der Waals surface area contributed by atoms with Crippen LogP contribution in [0.3, 0.4) is 0 Å². The first-order chi connectivity index (χ1) is 11.9. The van der Waals surface area contributed by atoms with Crippen LogP contribution >= 0.6 is 0 Å². The van der Waals surface area contributed by atoms with Crippen LogP contribution in [0.5, 0.6) is 5.88 Å². The molecule has 0 N–H and O–H groups in total. The molecule has 1 aliphatic heterocycles. The number of carbonyl (C=O) groups is 1. The highest BCUT2D eigenvalue weighted by Gasteiger charge is 2.25. The fraction of sp³-hybridized carbons (Fsp3) is 0.421. The second-order valence-corrected chi connectivity index (χ2v) is 6.47. The van der Waals surface area contributed by atoms with Crippen LogP contribution in [-0.4, -0.2) is 40.0 Å². The van der Waals surface area contributed by atoms with Crippen molar-refractivity contribution in [3.05, 3.63) is 52.7 Å². The molecule has 3 rings (SSSR count). The predicted molar refractivity (Wildman–Crippen MR) is 92.2 cm³/mol. The average molecular weight is 343 g/mol. The third-order valence-corrected chi connectivity index (χ3v) is 4.38. The van der Waals surface area contributed by atoms with Crippen molar-refractivity contribution >= 4 is 5.91 Å². The number of rotatable bonds is 3. The first kappa shape index (κ1) is 17.3. The summed E-state index contributed by atoms with van der Waals surface area (Å²) < 4.78 is 19.6. The zero-order valence-corrected chi connectivity index (χ0v) is 14.8. The molecule has 1 amide bonds. The van der Waals surface area contributed by atoms with E-state index in [1.54, 1.807) is 24.0 Å². The molecule has 6 heteroatoms. The van der Waals surface area contributed by atoms with Gasteiger partial charge in [0.05, 0.1) is 0 Å². The lowest BCUT2D eigenvalue weighted by Crippen LogP contribution is -2.41. The number of aromatic nitrogens is 2. The largest absolute Gasteiger partial charge is 0.474 e. The summed E-state index contributed by atoms with van der Waals surface area (Å²) in [6, 6.07) is 6.44. The van der Waals surface area contributed by atoms with Gasteiger partial charge in [0.1, 0.15) is 17.7 Å². The van der Waals surface area contributed by atoms with Crippen molar-refractivity contribution in [1.29, 1.82) is 0 Å². The molecule has 5 nitrogen and oxygen atoms in total. The van der Waals surface area contributed by atoms with Crippen LogP contribution in [0.15, 0.2) is 24.3 Å². The molecule has 1 saturated heterocycles. The van der Waals surface area contributed by atoms with E-state index in [-0.39, 0.29) is 17.8 Å². The smallest absolute Gasteiger partial charge is 0.253 e. The Kier molecular flexibility index (Phi) is 4.97. The summed E-state index contributed by atoms with van der Waals surface area (Å²) in [6.45, 7) is 6.60. The number of hydrogen-bond donors (Lipinski definition) is 0. The van der Waals surface area contributed by atoms with Crippen LogP contribution in [0.25, 0.3) is 0 Å². The fourth-order valence-corrected chi connectivity index (χ4v) is 3.00. The number of ether oxygens (including phenoxy) is 1. The standard InChI is InChI=1S/C19H22FN3O2/c1-12-4-5-15(11-17(12)20)19(24)23-8-6-16(7-9-23)25-18-10-13(2)21-14(3)22-18/h4-5,10-11,16H,6-9H2,1-3H3. The topological polar surface area (TPSA) is 55.3 Å². The highest BCUT2D eigenvalue weighted by molar-refractivity contribution is 5.94. The second kappa shape index (κ2) is 7.17.